The van der Waals surface area contributed by atoms with Crippen LogP contribution in [-0.4, -0.2) is 32.0 Å². The van der Waals surface area contributed by atoms with Gasteiger partial charge in [0.25, 0.3) is 0 Å². The molecule has 0 unspecified atom stereocenters. The number of halogens is 3. The maximum Gasteiger partial charge on any atom is 0.471 e. The number of hydrogen-bond acceptors (Lipinski definition) is 6. The van der Waals surface area contributed by atoms with Crippen LogP contribution in [-0.2, 0) is 10.9 Å². The number of nitrogens with zero attached hydrogens (tertiary/aromatic N) is 4. The Labute approximate surface area is 157 Å². The number of carbonyl (C=O) groups is 1. The molecule has 2 aromatic heterocycles. The second kappa shape index (κ2) is 7.10. The van der Waals surface area contributed by atoms with Crippen molar-refractivity contribution in [2.45, 2.75) is 37.6 Å². The highest BCUT2D eigenvalue weighted by atomic mass is 19.4. The molecule has 2 heterocycles. The molecule has 0 amide bonds. The SMILES string of the molecule is O=C(O[C@@H]1CCC[C@H]1n1cccn1)c1ccc(-c2noc(C(F)(F)F)n2)cc1. The minimum absolute atomic E-state index is 0.00153. The van der Waals surface area contributed by atoms with Crippen LogP contribution in [0, 0.1) is 0 Å². The van der Waals surface area contributed by atoms with E-state index in [2.05, 4.69) is 19.8 Å². The van der Waals surface area contributed by atoms with Crippen molar-refractivity contribution >= 4 is 5.97 Å². The average Bonchev–Trinajstić information content (AvgIpc) is 3.41. The summed E-state index contributed by atoms with van der Waals surface area (Å²) >= 11 is 0. The maximum atomic E-state index is 12.6. The van der Waals surface area contributed by atoms with Crippen molar-refractivity contribution in [3.8, 4) is 11.4 Å². The Kier molecular flexibility index (Phi) is 4.62. The van der Waals surface area contributed by atoms with Gasteiger partial charge in [0.05, 0.1) is 11.6 Å². The van der Waals surface area contributed by atoms with Crippen molar-refractivity contribution in [1.82, 2.24) is 19.9 Å². The molecule has 1 fully saturated rings. The Morgan fingerprint density at radius 3 is 2.64 bits per heavy atom. The van der Waals surface area contributed by atoms with Gasteiger partial charge in [0.15, 0.2) is 0 Å². The average molecular weight is 392 g/mol. The van der Waals surface area contributed by atoms with Crippen LogP contribution in [0.4, 0.5) is 13.2 Å². The van der Waals surface area contributed by atoms with Gasteiger partial charge in [-0.2, -0.15) is 23.3 Å². The van der Waals surface area contributed by atoms with E-state index < -0.39 is 18.0 Å². The molecule has 1 saturated carbocycles. The smallest absolute Gasteiger partial charge is 0.457 e. The summed E-state index contributed by atoms with van der Waals surface area (Å²) in [4.78, 5) is 15.8. The normalized spacial score (nSPS) is 19.7. The van der Waals surface area contributed by atoms with Crippen LogP contribution in [0.2, 0.25) is 0 Å². The number of rotatable bonds is 4. The van der Waals surface area contributed by atoms with Crippen LogP contribution >= 0.6 is 0 Å². The number of benzene rings is 1. The summed E-state index contributed by atoms with van der Waals surface area (Å²) in [7, 11) is 0. The van der Waals surface area contributed by atoms with Gasteiger partial charge < -0.3 is 9.26 Å². The summed E-state index contributed by atoms with van der Waals surface area (Å²) in [6.45, 7) is 0. The topological polar surface area (TPSA) is 83.0 Å². The van der Waals surface area contributed by atoms with E-state index in [4.69, 9.17) is 4.74 Å². The summed E-state index contributed by atoms with van der Waals surface area (Å²) in [5.41, 5.74) is 0.584. The van der Waals surface area contributed by atoms with Crippen LogP contribution in [0.5, 0.6) is 0 Å². The van der Waals surface area contributed by atoms with Gasteiger partial charge in [-0.05, 0) is 37.5 Å². The van der Waals surface area contributed by atoms with Crippen LogP contribution in [0.15, 0.2) is 47.2 Å². The van der Waals surface area contributed by atoms with E-state index >= 15 is 0 Å². The minimum Gasteiger partial charge on any atom is -0.457 e. The first-order chi connectivity index (χ1) is 13.4. The number of alkyl halides is 3. The van der Waals surface area contributed by atoms with Gasteiger partial charge >= 0.3 is 18.0 Å². The Hall–Kier alpha value is -3.17. The lowest BCUT2D eigenvalue weighted by atomic mass is 10.1. The molecule has 3 aromatic rings. The third-order valence-corrected chi connectivity index (χ3v) is 4.59. The van der Waals surface area contributed by atoms with Crippen molar-refractivity contribution in [2.75, 3.05) is 0 Å². The standard InChI is InChI=1S/C18H15F3N4O3/c19-18(20,21)17-23-15(24-28-17)11-5-7-12(8-6-11)16(26)27-14-4-1-3-13(14)25-10-2-9-22-25/h2,5-10,13-14H,1,3-4H2/t13-,14-/m1/s1. The Balaban J connectivity index is 1.45. The molecule has 1 aromatic carbocycles. The largest absolute Gasteiger partial charge is 0.471 e. The number of esters is 1. The van der Waals surface area contributed by atoms with Crippen molar-refractivity contribution in [2.24, 2.45) is 0 Å². The van der Waals surface area contributed by atoms with Gasteiger partial charge in [-0.1, -0.05) is 17.3 Å². The molecule has 0 saturated heterocycles. The lowest BCUT2D eigenvalue weighted by Crippen LogP contribution is -2.25. The van der Waals surface area contributed by atoms with Crippen molar-refractivity contribution < 1.29 is 27.2 Å². The minimum atomic E-state index is -4.71. The highest BCUT2D eigenvalue weighted by Gasteiger charge is 2.38. The van der Waals surface area contributed by atoms with Crippen molar-refractivity contribution in [1.29, 1.82) is 0 Å². The molecule has 4 rings (SSSR count). The first-order valence-corrected chi connectivity index (χ1v) is 8.63. The zero-order valence-corrected chi connectivity index (χ0v) is 14.5. The van der Waals surface area contributed by atoms with Gasteiger partial charge in [0, 0.05) is 18.0 Å². The number of ether oxygens (including phenoxy) is 1. The second-order valence-electron chi connectivity index (χ2n) is 6.43. The molecule has 0 bridgehead atoms. The predicted molar refractivity (Wildman–Crippen MR) is 89.1 cm³/mol. The third kappa shape index (κ3) is 3.62. The lowest BCUT2D eigenvalue weighted by molar-refractivity contribution is -0.159. The fraction of sp³-hybridized carbons (Fsp3) is 0.333. The van der Waals surface area contributed by atoms with Gasteiger partial charge in [-0.15, -0.1) is 0 Å². The Morgan fingerprint density at radius 2 is 2.00 bits per heavy atom. The van der Waals surface area contributed by atoms with Gasteiger partial charge in [0.2, 0.25) is 5.82 Å². The monoisotopic (exact) mass is 392 g/mol. The van der Waals surface area contributed by atoms with Crippen LogP contribution in [0.3, 0.4) is 0 Å². The maximum absolute atomic E-state index is 12.6. The summed E-state index contributed by atoms with van der Waals surface area (Å²) in [6.07, 6.45) is 1.08. The van der Waals surface area contributed by atoms with Crippen LogP contribution in [0.25, 0.3) is 11.4 Å². The van der Waals surface area contributed by atoms with E-state index in [0.29, 0.717) is 5.56 Å². The number of carbonyl (C=O) groups excluding carboxylic acids is 1. The molecule has 0 radical (unpaired) electrons. The summed E-state index contributed by atoms with van der Waals surface area (Å²) < 4.78 is 49.3. The molecule has 0 N–H and O–H groups in total. The highest BCUT2D eigenvalue weighted by molar-refractivity contribution is 5.90. The van der Waals surface area contributed by atoms with E-state index in [0.717, 1.165) is 19.3 Å². The van der Waals surface area contributed by atoms with Crippen LogP contribution in [0.1, 0.15) is 41.6 Å². The van der Waals surface area contributed by atoms with Crippen molar-refractivity contribution in [3.63, 3.8) is 0 Å². The third-order valence-electron chi connectivity index (χ3n) is 4.59. The molecule has 10 heteroatoms. The zero-order chi connectivity index (χ0) is 19.7. The van der Waals surface area contributed by atoms with Gasteiger partial charge in [-0.3, -0.25) is 4.68 Å². The second-order valence-corrected chi connectivity index (χ2v) is 6.43. The summed E-state index contributed by atoms with van der Waals surface area (Å²) in [5, 5.41) is 7.53. The van der Waals surface area contributed by atoms with Crippen molar-refractivity contribution in [3.05, 3.63) is 54.2 Å². The molecule has 0 spiro atoms. The van der Waals surface area contributed by atoms with E-state index in [-0.39, 0.29) is 23.5 Å². The fourth-order valence-corrected chi connectivity index (χ4v) is 3.24. The van der Waals surface area contributed by atoms with Gasteiger partial charge in [0.1, 0.15) is 6.10 Å². The van der Waals surface area contributed by atoms with E-state index in [1.807, 2.05) is 12.3 Å². The van der Waals surface area contributed by atoms with E-state index in [1.165, 1.54) is 24.3 Å². The molecule has 1 aliphatic carbocycles. The fourth-order valence-electron chi connectivity index (χ4n) is 3.24. The molecular weight excluding hydrogens is 377 g/mol. The first kappa shape index (κ1) is 18.2. The highest BCUT2D eigenvalue weighted by Crippen LogP contribution is 2.33. The molecule has 2 atom stereocenters. The van der Waals surface area contributed by atoms with Gasteiger partial charge in [-0.25, -0.2) is 4.79 Å². The lowest BCUT2D eigenvalue weighted by Gasteiger charge is -2.20. The zero-order valence-electron chi connectivity index (χ0n) is 14.5. The molecule has 28 heavy (non-hydrogen) atoms. The molecule has 1 aliphatic rings. The molecule has 7 nitrogen and oxygen atoms in total. The quantitative estimate of drug-likeness (QED) is 0.626. The molecule has 0 aliphatic heterocycles. The number of aromatic nitrogens is 4. The number of hydrogen-bond donors (Lipinski definition) is 0. The molecular formula is C18H15F3N4O3. The predicted octanol–water partition coefficient (Wildman–Crippen LogP) is 3.90. The van der Waals surface area contributed by atoms with E-state index in [9.17, 15) is 18.0 Å². The first-order valence-electron chi connectivity index (χ1n) is 8.63. The van der Waals surface area contributed by atoms with Crippen LogP contribution < -0.4 is 0 Å². The Morgan fingerprint density at radius 1 is 1.21 bits per heavy atom. The summed E-state index contributed by atoms with van der Waals surface area (Å²) in [5.74, 6) is -2.13. The van der Waals surface area contributed by atoms with E-state index in [1.54, 1.807) is 10.9 Å². The Bertz CT molecular complexity index is 951. The molecule has 146 valence electrons. The summed E-state index contributed by atoms with van der Waals surface area (Å²) in [6, 6.07) is 7.62.